The van der Waals surface area contributed by atoms with E-state index in [4.69, 9.17) is 0 Å². The number of halogens is 1. The van der Waals surface area contributed by atoms with Crippen molar-refractivity contribution in [3.05, 3.63) is 77.4 Å². The van der Waals surface area contributed by atoms with E-state index in [1.165, 1.54) is 6.07 Å². The molecule has 3 aromatic rings. The minimum atomic E-state index is -0.255. The van der Waals surface area contributed by atoms with Crippen LogP contribution in [0.5, 0.6) is 0 Å². The Kier molecular flexibility index (Phi) is 4.93. The Balaban J connectivity index is 1.96. The van der Waals surface area contributed by atoms with Crippen molar-refractivity contribution in [3.8, 4) is 11.1 Å². The monoisotopic (exact) mass is 337 g/mol. The van der Waals surface area contributed by atoms with Gasteiger partial charge < -0.3 is 5.32 Å². The van der Waals surface area contributed by atoms with Gasteiger partial charge in [-0.05, 0) is 35.2 Å². The molecule has 3 rings (SSSR count). The lowest BCUT2D eigenvalue weighted by Crippen LogP contribution is -2.21. The van der Waals surface area contributed by atoms with E-state index in [0.29, 0.717) is 5.56 Å². The van der Waals surface area contributed by atoms with E-state index >= 15 is 0 Å². The van der Waals surface area contributed by atoms with Crippen LogP contribution in [0, 0.1) is 12.7 Å². The molecule has 1 amide bonds. The maximum atomic E-state index is 14.0. The van der Waals surface area contributed by atoms with Gasteiger partial charge in [-0.15, -0.1) is 0 Å². The van der Waals surface area contributed by atoms with Gasteiger partial charge in [0, 0.05) is 31.1 Å². The second-order valence-electron chi connectivity index (χ2n) is 6.05. The molecule has 0 saturated carbocycles. The summed E-state index contributed by atoms with van der Waals surface area (Å²) in [7, 11) is 1.61. The SMILES string of the molecule is CNC(=O)CC(c1ccc(-c2cn[nH]c2)cc1)c1ccc(C)c(F)c1. The van der Waals surface area contributed by atoms with Gasteiger partial charge in [0.2, 0.25) is 5.91 Å². The molecule has 0 saturated heterocycles. The Hall–Kier alpha value is -2.95. The van der Waals surface area contributed by atoms with Crippen LogP contribution < -0.4 is 5.32 Å². The zero-order valence-corrected chi connectivity index (χ0v) is 14.2. The number of hydrogen-bond donors (Lipinski definition) is 2. The minimum absolute atomic E-state index is 0.0788. The second kappa shape index (κ2) is 7.30. The Morgan fingerprint density at radius 3 is 2.48 bits per heavy atom. The molecule has 128 valence electrons. The Morgan fingerprint density at radius 2 is 1.88 bits per heavy atom. The molecule has 5 heteroatoms. The molecule has 0 bridgehead atoms. The highest BCUT2D eigenvalue weighted by Crippen LogP contribution is 2.31. The standard InChI is InChI=1S/C20H20FN3O/c1-13-3-4-16(9-19(13)21)18(10-20(25)22-2)15-7-5-14(6-8-15)17-11-23-24-12-17/h3-9,11-12,18H,10H2,1-2H3,(H,22,25)(H,23,24). The number of amides is 1. The molecule has 0 aliphatic rings. The molecule has 0 spiro atoms. The first-order valence-corrected chi connectivity index (χ1v) is 8.14. The van der Waals surface area contributed by atoms with Crippen LogP contribution in [-0.4, -0.2) is 23.2 Å². The van der Waals surface area contributed by atoms with E-state index in [2.05, 4.69) is 15.5 Å². The Morgan fingerprint density at radius 1 is 1.16 bits per heavy atom. The van der Waals surface area contributed by atoms with Crippen LogP contribution in [0.2, 0.25) is 0 Å². The fourth-order valence-corrected chi connectivity index (χ4v) is 2.86. The number of carbonyl (C=O) groups excluding carboxylic acids is 1. The predicted molar refractivity (Wildman–Crippen MR) is 95.7 cm³/mol. The first kappa shape index (κ1) is 16.9. The van der Waals surface area contributed by atoms with Crippen LogP contribution in [-0.2, 0) is 4.79 Å². The van der Waals surface area contributed by atoms with Crippen molar-refractivity contribution in [3.63, 3.8) is 0 Å². The minimum Gasteiger partial charge on any atom is -0.359 e. The molecule has 1 atom stereocenters. The van der Waals surface area contributed by atoms with Crippen LogP contribution in [0.1, 0.15) is 29.0 Å². The van der Waals surface area contributed by atoms with Crippen molar-refractivity contribution < 1.29 is 9.18 Å². The fraction of sp³-hybridized carbons (Fsp3) is 0.200. The summed E-state index contributed by atoms with van der Waals surface area (Å²) in [6.07, 6.45) is 3.85. The number of nitrogens with zero attached hydrogens (tertiary/aromatic N) is 1. The zero-order chi connectivity index (χ0) is 17.8. The largest absolute Gasteiger partial charge is 0.359 e. The van der Waals surface area contributed by atoms with Gasteiger partial charge in [0.1, 0.15) is 5.82 Å². The molecule has 4 nitrogen and oxygen atoms in total. The third-order valence-electron chi connectivity index (χ3n) is 4.41. The summed E-state index contributed by atoms with van der Waals surface area (Å²) in [6, 6.07) is 13.1. The summed E-state index contributed by atoms with van der Waals surface area (Å²) in [5, 5.41) is 9.39. The summed E-state index contributed by atoms with van der Waals surface area (Å²) < 4.78 is 14.0. The molecule has 0 aliphatic carbocycles. The number of aryl methyl sites for hydroxylation is 1. The highest BCUT2D eigenvalue weighted by Gasteiger charge is 2.19. The lowest BCUT2D eigenvalue weighted by Gasteiger charge is -2.18. The fourth-order valence-electron chi connectivity index (χ4n) is 2.86. The maximum absolute atomic E-state index is 14.0. The third kappa shape index (κ3) is 3.76. The molecule has 25 heavy (non-hydrogen) atoms. The van der Waals surface area contributed by atoms with Gasteiger partial charge in [-0.1, -0.05) is 36.4 Å². The lowest BCUT2D eigenvalue weighted by atomic mass is 9.87. The zero-order valence-electron chi connectivity index (χ0n) is 14.2. The second-order valence-corrected chi connectivity index (χ2v) is 6.05. The van der Waals surface area contributed by atoms with Gasteiger partial charge in [-0.2, -0.15) is 5.10 Å². The van der Waals surface area contributed by atoms with Gasteiger partial charge in [0.25, 0.3) is 0 Å². The summed E-state index contributed by atoms with van der Waals surface area (Å²) in [4.78, 5) is 12.0. The predicted octanol–water partition coefficient (Wildman–Crippen LogP) is 3.79. The average Bonchev–Trinajstić information content (AvgIpc) is 3.17. The number of aromatic nitrogens is 2. The first-order chi connectivity index (χ1) is 12.1. The van der Waals surface area contributed by atoms with E-state index in [-0.39, 0.29) is 24.1 Å². The molecule has 1 unspecified atom stereocenters. The van der Waals surface area contributed by atoms with E-state index in [0.717, 1.165) is 22.3 Å². The molecule has 2 N–H and O–H groups in total. The van der Waals surface area contributed by atoms with E-state index in [1.54, 1.807) is 26.2 Å². The maximum Gasteiger partial charge on any atom is 0.220 e. The number of carbonyl (C=O) groups is 1. The van der Waals surface area contributed by atoms with Crippen molar-refractivity contribution in [2.24, 2.45) is 0 Å². The van der Waals surface area contributed by atoms with Gasteiger partial charge >= 0.3 is 0 Å². The molecule has 1 aromatic heterocycles. The first-order valence-electron chi connectivity index (χ1n) is 8.14. The van der Waals surface area contributed by atoms with Crippen LogP contribution >= 0.6 is 0 Å². The van der Waals surface area contributed by atoms with Crippen LogP contribution in [0.3, 0.4) is 0 Å². The molecule has 1 heterocycles. The Labute approximate surface area is 146 Å². The van der Waals surface area contributed by atoms with Crippen molar-refractivity contribution in [1.82, 2.24) is 15.5 Å². The van der Waals surface area contributed by atoms with Crippen molar-refractivity contribution in [2.45, 2.75) is 19.3 Å². The van der Waals surface area contributed by atoms with Gasteiger partial charge in [0.15, 0.2) is 0 Å². The molecule has 0 fully saturated rings. The number of hydrogen-bond acceptors (Lipinski definition) is 2. The van der Waals surface area contributed by atoms with E-state index in [1.807, 2.05) is 36.5 Å². The summed E-state index contributed by atoms with van der Waals surface area (Å²) in [5.41, 5.74) is 4.39. The molecule has 0 aliphatic heterocycles. The summed E-state index contributed by atoms with van der Waals surface area (Å²) in [5.74, 6) is -0.534. The number of H-pyrrole nitrogens is 1. The number of aromatic amines is 1. The quantitative estimate of drug-likeness (QED) is 0.744. The van der Waals surface area contributed by atoms with Gasteiger partial charge in [-0.3, -0.25) is 9.89 Å². The highest BCUT2D eigenvalue weighted by molar-refractivity contribution is 5.77. The molecule has 0 radical (unpaired) electrons. The van der Waals surface area contributed by atoms with Crippen molar-refractivity contribution >= 4 is 5.91 Å². The van der Waals surface area contributed by atoms with Crippen LogP contribution in [0.4, 0.5) is 4.39 Å². The van der Waals surface area contributed by atoms with E-state index < -0.39 is 0 Å². The Bertz CT molecular complexity index is 857. The highest BCUT2D eigenvalue weighted by atomic mass is 19.1. The van der Waals surface area contributed by atoms with Gasteiger partial charge in [-0.25, -0.2) is 4.39 Å². The van der Waals surface area contributed by atoms with Crippen molar-refractivity contribution in [1.29, 1.82) is 0 Å². The van der Waals surface area contributed by atoms with Crippen LogP contribution in [0.15, 0.2) is 54.9 Å². The average molecular weight is 337 g/mol. The van der Waals surface area contributed by atoms with Crippen LogP contribution in [0.25, 0.3) is 11.1 Å². The molecule has 2 aromatic carbocycles. The topological polar surface area (TPSA) is 57.8 Å². The number of rotatable bonds is 5. The normalized spacial score (nSPS) is 12.0. The smallest absolute Gasteiger partial charge is 0.220 e. The molecular weight excluding hydrogens is 317 g/mol. The van der Waals surface area contributed by atoms with Crippen molar-refractivity contribution in [2.75, 3.05) is 7.05 Å². The van der Waals surface area contributed by atoms with E-state index in [9.17, 15) is 9.18 Å². The lowest BCUT2D eigenvalue weighted by molar-refractivity contribution is -0.120. The summed E-state index contributed by atoms with van der Waals surface area (Å²) >= 11 is 0. The summed E-state index contributed by atoms with van der Waals surface area (Å²) in [6.45, 7) is 1.73. The third-order valence-corrected chi connectivity index (χ3v) is 4.41. The number of benzene rings is 2. The number of nitrogens with one attached hydrogen (secondary N) is 2. The molecular formula is C20H20FN3O. The van der Waals surface area contributed by atoms with Gasteiger partial charge in [0.05, 0.1) is 6.20 Å².